The third-order valence-electron chi connectivity index (χ3n) is 4.48. The average molecular weight is 298 g/mol. The number of likely N-dealkylation sites (N-methyl/N-ethyl adjacent to an activating group) is 3. The molecule has 1 aliphatic heterocycles. The Morgan fingerprint density at radius 2 is 1.86 bits per heavy atom. The number of aliphatic hydroxyl groups is 1. The van der Waals surface area contributed by atoms with Gasteiger partial charge in [-0.25, -0.2) is 0 Å². The minimum absolute atomic E-state index is 0.159. The molecule has 0 aromatic rings. The summed E-state index contributed by atoms with van der Waals surface area (Å²) in [5.74, 6) is 0.159. The van der Waals surface area contributed by atoms with Crippen LogP contribution in [0.4, 0.5) is 0 Å². The summed E-state index contributed by atoms with van der Waals surface area (Å²) in [6.45, 7) is 5.80. The zero-order valence-electron chi connectivity index (χ0n) is 13.7. The lowest BCUT2D eigenvalue weighted by Gasteiger charge is -2.34. The van der Waals surface area contributed by atoms with Gasteiger partial charge in [-0.2, -0.15) is 0 Å². The summed E-state index contributed by atoms with van der Waals surface area (Å²) in [7, 11) is 5.92. The molecule has 0 bridgehead atoms. The number of hydrogen-bond acceptors (Lipinski definition) is 5. The van der Waals surface area contributed by atoms with Gasteiger partial charge in [-0.05, 0) is 26.9 Å². The number of carbonyl (C=O) groups excluding carboxylic acids is 1. The summed E-state index contributed by atoms with van der Waals surface area (Å²) in [6.07, 6.45) is 1.88. The average Bonchev–Trinajstić information content (AvgIpc) is 3.24. The van der Waals surface area contributed by atoms with Crippen LogP contribution in [0.5, 0.6) is 0 Å². The monoisotopic (exact) mass is 298 g/mol. The van der Waals surface area contributed by atoms with Gasteiger partial charge >= 0.3 is 0 Å². The molecule has 1 N–H and O–H groups in total. The lowest BCUT2D eigenvalue weighted by atomic mass is 10.2. The smallest absolute Gasteiger partial charge is 0.236 e. The molecule has 1 heterocycles. The molecule has 6 nitrogen and oxygen atoms in total. The second kappa shape index (κ2) is 7.54. The minimum atomic E-state index is -0.391. The van der Waals surface area contributed by atoms with Crippen molar-refractivity contribution in [2.45, 2.75) is 25.0 Å². The van der Waals surface area contributed by atoms with Gasteiger partial charge in [0.1, 0.15) is 0 Å². The Kier molecular flexibility index (Phi) is 5.98. The predicted octanol–water partition coefficient (Wildman–Crippen LogP) is -0.853. The molecule has 2 aliphatic rings. The molecular weight excluding hydrogens is 268 g/mol. The van der Waals surface area contributed by atoms with E-state index in [1.54, 1.807) is 0 Å². The van der Waals surface area contributed by atoms with Gasteiger partial charge in [-0.3, -0.25) is 14.6 Å². The molecule has 21 heavy (non-hydrogen) atoms. The number of amides is 1. The van der Waals surface area contributed by atoms with Crippen molar-refractivity contribution >= 4 is 5.91 Å². The maximum atomic E-state index is 12.0. The summed E-state index contributed by atoms with van der Waals surface area (Å²) >= 11 is 0. The zero-order valence-corrected chi connectivity index (χ0v) is 13.7. The van der Waals surface area contributed by atoms with Crippen LogP contribution in [-0.2, 0) is 4.79 Å². The van der Waals surface area contributed by atoms with E-state index in [0.29, 0.717) is 25.7 Å². The van der Waals surface area contributed by atoms with Crippen molar-refractivity contribution in [3.63, 3.8) is 0 Å². The van der Waals surface area contributed by atoms with E-state index in [9.17, 15) is 9.90 Å². The molecule has 1 amide bonds. The topological polar surface area (TPSA) is 50.3 Å². The number of carbonyl (C=O) groups is 1. The molecule has 6 heteroatoms. The van der Waals surface area contributed by atoms with Crippen molar-refractivity contribution in [2.75, 3.05) is 67.0 Å². The van der Waals surface area contributed by atoms with E-state index in [1.165, 1.54) is 0 Å². The number of β-amino-alcohol motifs (C(OH)–C–C–N with tert-alkyl or cyclic N) is 1. The van der Waals surface area contributed by atoms with Crippen molar-refractivity contribution in [2.24, 2.45) is 0 Å². The van der Waals surface area contributed by atoms with E-state index in [0.717, 1.165) is 39.0 Å². The van der Waals surface area contributed by atoms with Crippen LogP contribution in [0.25, 0.3) is 0 Å². The van der Waals surface area contributed by atoms with Crippen LogP contribution in [0, 0.1) is 0 Å². The number of piperazine rings is 1. The molecular formula is C15H30N4O2. The van der Waals surface area contributed by atoms with Gasteiger partial charge in [-0.15, -0.1) is 0 Å². The predicted molar refractivity (Wildman–Crippen MR) is 83.2 cm³/mol. The van der Waals surface area contributed by atoms with Crippen molar-refractivity contribution in [1.82, 2.24) is 19.6 Å². The summed E-state index contributed by atoms with van der Waals surface area (Å²) < 4.78 is 0. The van der Waals surface area contributed by atoms with Crippen molar-refractivity contribution < 1.29 is 9.90 Å². The summed E-state index contributed by atoms with van der Waals surface area (Å²) in [5, 5.41) is 10.2. The molecule has 0 spiro atoms. The Balaban J connectivity index is 1.64. The van der Waals surface area contributed by atoms with E-state index < -0.39 is 6.10 Å². The quantitative estimate of drug-likeness (QED) is 0.663. The highest BCUT2D eigenvalue weighted by molar-refractivity contribution is 5.78. The Bertz CT molecular complexity index is 341. The Morgan fingerprint density at radius 1 is 1.24 bits per heavy atom. The van der Waals surface area contributed by atoms with Crippen LogP contribution >= 0.6 is 0 Å². The number of nitrogens with zero attached hydrogens (tertiary/aromatic N) is 4. The van der Waals surface area contributed by atoms with Crippen LogP contribution in [0.1, 0.15) is 12.8 Å². The summed E-state index contributed by atoms with van der Waals surface area (Å²) in [4.78, 5) is 20.4. The molecule has 0 aromatic heterocycles. The molecule has 1 atom stereocenters. The molecule has 0 aromatic carbocycles. The van der Waals surface area contributed by atoms with E-state index in [1.807, 2.05) is 23.9 Å². The maximum absolute atomic E-state index is 12.0. The number of hydrogen-bond donors (Lipinski definition) is 1. The van der Waals surface area contributed by atoms with E-state index >= 15 is 0 Å². The molecule has 2 rings (SSSR count). The summed E-state index contributed by atoms with van der Waals surface area (Å²) in [6, 6.07) is 0.459. The highest BCUT2D eigenvalue weighted by atomic mass is 16.3. The second-order valence-electron chi connectivity index (χ2n) is 6.69. The molecule has 1 saturated heterocycles. The van der Waals surface area contributed by atoms with E-state index in [4.69, 9.17) is 0 Å². The molecule has 1 unspecified atom stereocenters. The van der Waals surface area contributed by atoms with Gasteiger partial charge < -0.3 is 14.9 Å². The van der Waals surface area contributed by atoms with Crippen molar-refractivity contribution in [3.05, 3.63) is 0 Å². The van der Waals surface area contributed by atoms with Crippen LogP contribution in [0.3, 0.4) is 0 Å². The third-order valence-corrected chi connectivity index (χ3v) is 4.48. The number of aliphatic hydroxyl groups excluding tert-OH is 1. The fourth-order valence-electron chi connectivity index (χ4n) is 2.82. The zero-order chi connectivity index (χ0) is 15.4. The molecule has 1 saturated carbocycles. The van der Waals surface area contributed by atoms with Crippen LogP contribution < -0.4 is 0 Å². The van der Waals surface area contributed by atoms with Gasteiger partial charge in [-0.1, -0.05) is 0 Å². The van der Waals surface area contributed by atoms with Crippen LogP contribution in [0.2, 0.25) is 0 Å². The van der Waals surface area contributed by atoms with Crippen LogP contribution in [-0.4, -0.2) is 110 Å². The first-order chi connectivity index (χ1) is 9.95. The largest absolute Gasteiger partial charge is 0.390 e. The van der Waals surface area contributed by atoms with E-state index in [-0.39, 0.29) is 5.91 Å². The highest BCUT2D eigenvalue weighted by Gasteiger charge is 2.30. The van der Waals surface area contributed by atoms with Gasteiger partial charge in [0.15, 0.2) is 0 Å². The Labute approximate surface area is 128 Å². The maximum Gasteiger partial charge on any atom is 0.236 e. The van der Waals surface area contributed by atoms with Gasteiger partial charge in [0, 0.05) is 52.4 Å². The first-order valence-corrected chi connectivity index (χ1v) is 7.99. The Hall–Kier alpha value is -0.690. The first kappa shape index (κ1) is 16.7. The van der Waals surface area contributed by atoms with Crippen molar-refractivity contribution in [3.8, 4) is 0 Å². The van der Waals surface area contributed by atoms with Crippen LogP contribution in [0.15, 0.2) is 0 Å². The highest BCUT2D eigenvalue weighted by Crippen LogP contribution is 2.25. The molecule has 0 radical (unpaired) electrons. The molecule has 2 fully saturated rings. The molecule has 122 valence electrons. The van der Waals surface area contributed by atoms with Gasteiger partial charge in [0.25, 0.3) is 0 Å². The summed E-state index contributed by atoms with van der Waals surface area (Å²) in [5.41, 5.74) is 0. The minimum Gasteiger partial charge on any atom is -0.390 e. The van der Waals surface area contributed by atoms with Crippen molar-refractivity contribution in [1.29, 1.82) is 0 Å². The lowest BCUT2D eigenvalue weighted by Crippen LogP contribution is -2.49. The third kappa shape index (κ3) is 5.54. The standard InChI is InChI=1S/C15H30N4O2/c1-16-6-8-19(9-7-16)11-14(20)10-17(2)12-15(21)18(3)13-4-5-13/h13-14,20H,4-12H2,1-3H3. The van der Waals surface area contributed by atoms with E-state index in [2.05, 4.69) is 16.8 Å². The Morgan fingerprint density at radius 3 is 2.43 bits per heavy atom. The normalized spacial score (nSPS) is 22.5. The van der Waals surface area contributed by atoms with Gasteiger partial charge in [0.2, 0.25) is 5.91 Å². The fourth-order valence-corrected chi connectivity index (χ4v) is 2.82. The van der Waals surface area contributed by atoms with Gasteiger partial charge in [0.05, 0.1) is 12.6 Å². The second-order valence-corrected chi connectivity index (χ2v) is 6.69. The first-order valence-electron chi connectivity index (χ1n) is 7.99. The number of rotatable bonds is 7. The molecule has 1 aliphatic carbocycles. The fraction of sp³-hybridized carbons (Fsp3) is 0.933. The SMILES string of the molecule is CN1CCN(CC(O)CN(C)CC(=O)N(C)C2CC2)CC1. The lowest BCUT2D eigenvalue weighted by molar-refractivity contribution is -0.131.